The molecule has 0 aliphatic heterocycles. The van der Waals surface area contributed by atoms with E-state index in [4.69, 9.17) is 9.47 Å². The number of benzene rings is 3. The molecule has 130 valence electrons. The lowest BCUT2D eigenvalue weighted by atomic mass is 10.0. The summed E-state index contributed by atoms with van der Waals surface area (Å²) >= 11 is 0. The van der Waals surface area contributed by atoms with Gasteiger partial charge in [0.2, 0.25) is 0 Å². The van der Waals surface area contributed by atoms with Gasteiger partial charge in [0, 0.05) is 11.1 Å². The van der Waals surface area contributed by atoms with E-state index < -0.39 is 5.97 Å². The highest BCUT2D eigenvalue weighted by molar-refractivity contribution is 6.09. The average molecular weight is 346 g/mol. The van der Waals surface area contributed by atoms with E-state index in [-0.39, 0.29) is 5.78 Å². The number of ketones is 1. The minimum absolute atomic E-state index is 0.0518. The number of esters is 1. The second kappa shape index (κ2) is 8.12. The van der Waals surface area contributed by atoms with Gasteiger partial charge in [0.25, 0.3) is 0 Å². The second-order valence-electron chi connectivity index (χ2n) is 5.54. The summed E-state index contributed by atoms with van der Waals surface area (Å²) in [7, 11) is 0. The number of para-hydroxylation sites is 1. The van der Waals surface area contributed by atoms with Crippen LogP contribution in [-0.2, 0) is 4.74 Å². The lowest BCUT2D eigenvalue weighted by Gasteiger charge is -2.10. The van der Waals surface area contributed by atoms with E-state index in [2.05, 4.69) is 0 Å². The van der Waals surface area contributed by atoms with E-state index in [1.165, 1.54) is 0 Å². The van der Waals surface area contributed by atoms with Gasteiger partial charge in [0.1, 0.15) is 17.1 Å². The van der Waals surface area contributed by atoms with Gasteiger partial charge in [-0.3, -0.25) is 4.79 Å². The molecule has 0 atom stereocenters. The fraction of sp³-hybridized carbons (Fsp3) is 0.0909. The largest absolute Gasteiger partial charge is 0.462 e. The molecule has 4 nitrogen and oxygen atoms in total. The number of carbonyl (C=O) groups excluding carboxylic acids is 2. The van der Waals surface area contributed by atoms with Crippen molar-refractivity contribution in [3.8, 4) is 11.5 Å². The molecular formula is C22H18O4. The highest BCUT2D eigenvalue weighted by atomic mass is 16.5. The first-order valence-electron chi connectivity index (χ1n) is 8.33. The third kappa shape index (κ3) is 3.98. The predicted molar refractivity (Wildman–Crippen MR) is 98.8 cm³/mol. The molecule has 0 bridgehead atoms. The van der Waals surface area contributed by atoms with Gasteiger partial charge < -0.3 is 9.47 Å². The number of ether oxygens (including phenoxy) is 2. The van der Waals surface area contributed by atoms with Crippen LogP contribution >= 0.6 is 0 Å². The topological polar surface area (TPSA) is 52.6 Å². The molecule has 0 saturated carbocycles. The van der Waals surface area contributed by atoms with E-state index in [0.717, 1.165) is 0 Å². The fourth-order valence-corrected chi connectivity index (χ4v) is 2.49. The van der Waals surface area contributed by atoms with Gasteiger partial charge in [-0.15, -0.1) is 0 Å². The quantitative estimate of drug-likeness (QED) is 0.471. The summed E-state index contributed by atoms with van der Waals surface area (Å²) < 4.78 is 10.8. The maximum absolute atomic E-state index is 12.4. The first-order valence-corrected chi connectivity index (χ1v) is 8.33. The van der Waals surface area contributed by atoms with Gasteiger partial charge in [0.15, 0.2) is 5.78 Å². The second-order valence-corrected chi connectivity index (χ2v) is 5.54. The molecular weight excluding hydrogens is 328 g/mol. The smallest absolute Gasteiger partial charge is 0.341 e. The Hall–Kier alpha value is -3.40. The van der Waals surface area contributed by atoms with Crippen LogP contribution in [0.25, 0.3) is 0 Å². The Kier molecular flexibility index (Phi) is 5.44. The van der Waals surface area contributed by atoms with Crippen LogP contribution in [0.3, 0.4) is 0 Å². The van der Waals surface area contributed by atoms with Crippen molar-refractivity contribution in [1.82, 2.24) is 0 Å². The molecule has 0 aromatic heterocycles. The molecule has 3 aromatic carbocycles. The maximum Gasteiger partial charge on any atom is 0.341 e. The molecule has 0 fully saturated rings. The van der Waals surface area contributed by atoms with Gasteiger partial charge in [-0.25, -0.2) is 4.79 Å². The normalized spacial score (nSPS) is 10.2. The van der Waals surface area contributed by atoms with E-state index in [1.54, 1.807) is 67.6 Å². The summed E-state index contributed by atoms with van der Waals surface area (Å²) in [5.74, 6) is 0.461. The van der Waals surface area contributed by atoms with E-state index in [9.17, 15) is 9.59 Å². The summed E-state index contributed by atoms with van der Waals surface area (Å²) in [6, 6.07) is 22.8. The summed E-state index contributed by atoms with van der Waals surface area (Å²) in [6.45, 7) is 2.05. The Bertz CT molecular complexity index is 899. The van der Waals surface area contributed by atoms with Crippen LogP contribution in [0.5, 0.6) is 11.5 Å². The molecule has 4 heteroatoms. The summed E-state index contributed by atoms with van der Waals surface area (Å²) in [5, 5.41) is 0. The van der Waals surface area contributed by atoms with Gasteiger partial charge in [0.05, 0.1) is 6.61 Å². The lowest BCUT2D eigenvalue weighted by molar-refractivity contribution is 0.0523. The number of rotatable bonds is 6. The van der Waals surface area contributed by atoms with Crippen LogP contribution in [0.1, 0.15) is 33.2 Å². The molecule has 0 N–H and O–H groups in total. The molecule has 0 spiro atoms. The number of hydrogen-bond acceptors (Lipinski definition) is 4. The van der Waals surface area contributed by atoms with Crippen LogP contribution in [0.15, 0.2) is 78.9 Å². The zero-order chi connectivity index (χ0) is 18.4. The molecule has 0 aliphatic carbocycles. The molecule has 0 amide bonds. The molecule has 0 heterocycles. The predicted octanol–water partition coefficient (Wildman–Crippen LogP) is 4.89. The Balaban J connectivity index is 1.78. The molecule has 0 saturated heterocycles. The summed E-state index contributed by atoms with van der Waals surface area (Å²) in [5.41, 5.74) is 1.56. The first-order chi connectivity index (χ1) is 12.7. The Morgan fingerprint density at radius 1 is 0.769 bits per heavy atom. The van der Waals surface area contributed by atoms with E-state index in [1.807, 2.05) is 18.2 Å². The van der Waals surface area contributed by atoms with Gasteiger partial charge in [-0.2, -0.15) is 0 Å². The van der Waals surface area contributed by atoms with Crippen molar-refractivity contribution in [2.75, 3.05) is 6.61 Å². The minimum Gasteiger partial charge on any atom is -0.462 e. The van der Waals surface area contributed by atoms with Gasteiger partial charge >= 0.3 is 5.97 Å². The molecule has 26 heavy (non-hydrogen) atoms. The fourth-order valence-electron chi connectivity index (χ4n) is 2.49. The van der Waals surface area contributed by atoms with Crippen molar-refractivity contribution >= 4 is 11.8 Å². The maximum atomic E-state index is 12.4. The average Bonchev–Trinajstić information content (AvgIpc) is 2.69. The van der Waals surface area contributed by atoms with Crippen molar-refractivity contribution < 1.29 is 19.1 Å². The van der Waals surface area contributed by atoms with Crippen LogP contribution < -0.4 is 4.74 Å². The SMILES string of the molecule is CCOC(=O)c1ccccc1Oc1ccc(C(=O)c2ccccc2)cc1. The van der Waals surface area contributed by atoms with Crippen LogP contribution in [0, 0.1) is 0 Å². The third-order valence-corrected chi connectivity index (χ3v) is 3.76. The minimum atomic E-state index is -0.432. The monoisotopic (exact) mass is 346 g/mol. The highest BCUT2D eigenvalue weighted by Crippen LogP contribution is 2.26. The molecule has 0 aliphatic rings. The van der Waals surface area contributed by atoms with Crippen molar-refractivity contribution in [1.29, 1.82) is 0 Å². The Labute approximate surface area is 152 Å². The van der Waals surface area contributed by atoms with Crippen molar-refractivity contribution in [3.63, 3.8) is 0 Å². The van der Waals surface area contributed by atoms with E-state index in [0.29, 0.717) is 34.8 Å². The summed E-state index contributed by atoms with van der Waals surface area (Å²) in [6.07, 6.45) is 0. The third-order valence-electron chi connectivity index (χ3n) is 3.76. The summed E-state index contributed by atoms with van der Waals surface area (Å²) in [4.78, 5) is 24.4. The van der Waals surface area contributed by atoms with Gasteiger partial charge in [-0.1, -0.05) is 42.5 Å². The van der Waals surface area contributed by atoms with Crippen LogP contribution in [0.2, 0.25) is 0 Å². The van der Waals surface area contributed by atoms with Crippen molar-refractivity contribution in [3.05, 3.63) is 95.6 Å². The molecule has 0 radical (unpaired) electrons. The Morgan fingerprint density at radius 3 is 2.08 bits per heavy atom. The van der Waals surface area contributed by atoms with Crippen molar-refractivity contribution in [2.24, 2.45) is 0 Å². The number of hydrogen-bond donors (Lipinski definition) is 0. The van der Waals surface area contributed by atoms with Crippen molar-refractivity contribution in [2.45, 2.75) is 6.92 Å². The van der Waals surface area contributed by atoms with Crippen LogP contribution in [-0.4, -0.2) is 18.4 Å². The Morgan fingerprint density at radius 2 is 1.38 bits per heavy atom. The lowest BCUT2D eigenvalue weighted by Crippen LogP contribution is -2.06. The van der Waals surface area contributed by atoms with Crippen LogP contribution in [0.4, 0.5) is 0 Å². The van der Waals surface area contributed by atoms with E-state index >= 15 is 0 Å². The first kappa shape index (κ1) is 17.4. The number of carbonyl (C=O) groups is 2. The van der Waals surface area contributed by atoms with Gasteiger partial charge in [-0.05, 0) is 43.3 Å². The highest BCUT2D eigenvalue weighted by Gasteiger charge is 2.14. The molecule has 3 rings (SSSR count). The zero-order valence-corrected chi connectivity index (χ0v) is 14.3. The zero-order valence-electron chi connectivity index (χ0n) is 14.3. The standard InChI is InChI=1S/C22H18O4/c1-2-25-22(24)19-10-6-7-11-20(19)26-18-14-12-17(13-15-18)21(23)16-8-4-3-5-9-16/h3-15H,2H2,1H3. The molecule has 0 unspecified atom stereocenters. The molecule has 3 aromatic rings.